The Hall–Kier alpha value is -0.850. The van der Waals surface area contributed by atoms with Gasteiger partial charge >= 0.3 is 11.9 Å². The first kappa shape index (κ1) is 19.1. The molecule has 0 aliphatic rings. The van der Waals surface area contributed by atoms with Crippen molar-refractivity contribution in [3.8, 4) is 0 Å². The molecule has 118 valence electrons. The van der Waals surface area contributed by atoms with E-state index in [0.717, 1.165) is 0 Å². The first-order valence-corrected chi connectivity index (χ1v) is 9.27. The Kier molecular flexibility index (Phi) is 8.08. The maximum absolute atomic E-state index is 11.4. The molecule has 0 aliphatic heterocycles. The third kappa shape index (κ3) is 7.07. The smallest absolute Gasteiger partial charge is 0.341 e. The summed E-state index contributed by atoms with van der Waals surface area (Å²) in [5.74, 6) is -2.93. The molecular weight excluding hydrogens is 336 g/mol. The number of hydrogen-bond donors (Lipinski definition) is 1. The summed E-state index contributed by atoms with van der Waals surface area (Å²) in [6, 6.07) is 0. The minimum absolute atomic E-state index is 0.0213. The minimum Gasteiger partial charge on any atom is -0.364 e. The van der Waals surface area contributed by atoms with Crippen LogP contribution in [-0.2, 0) is 50.2 Å². The van der Waals surface area contributed by atoms with E-state index in [1.165, 1.54) is 13.8 Å². The molecule has 0 radical (unpaired) electrons. The summed E-state index contributed by atoms with van der Waals surface area (Å²) in [5, 5.41) is -2.28. The van der Waals surface area contributed by atoms with E-state index >= 15 is 0 Å². The van der Waals surface area contributed by atoms with Crippen LogP contribution in [0, 0.1) is 0 Å². The van der Waals surface area contributed by atoms with Gasteiger partial charge in [-0.25, -0.2) is 13.2 Å². The zero-order chi connectivity index (χ0) is 15.9. The number of hydrogen-bond acceptors (Lipinski definition) is 8. The van der Waals surface area contributed by atoms with Gasteiger partial charge in [-0.15, -0.1) is 0 Å². The standard InChI is InChI=1S/C8H14O9S3/c1-3-18(11)16-7(9)5-6(20(13,14)15)8(10)17-19(12)4-2/h6H,3-5H2,1-2H3,(H,13,14,15). The molecule has 0 spiro atoms. The van der Waals surface area contributed by atoms with Crippen LogP contribution in [0.5, 0.6) is 0 Å². The summed E-state index contributed by atoms with van der Waals surface area (Å²) in [4.78, 5) is 22.7. The van der Waals surface area contributed by atoms with E-state index in [9.17, 15) is 26.4 Å². The molecule has 3 unspecified atom stereocenters. The molecule has 0 fully saturated rings. The third-order valence-electron chi connectivity index (χ3n) is 1.81. The highest BCUT2D eigenvalue weighted by molar-refractivity contribution is 7.87. The molecule has 12 heteroatoms. The van der Waals surface area contributed by atoms with E-state index in [-0.39, 0.29) is 11.5 Å². The fourth-order valence-electron chi connectivity index (χ4n) is 0.862. The van der Waals surface area contributed by atoms with E-state index in [0.29, 0.717) is 0 Å². The molecule has 1 N–H and O–H groups in total. The molecule has 0 rings (SSSR count). The van der Waals surface area contributed by atoms with Crippen molar-refractivity contribution in [2.45, 2.75) is 25.5 Å². The Morgan fingerprint density at radius 3 is 1.95 bits per heavy atom. The van der Waals surface area contributed by atoms with Crippen LogP contribution in [0.15, 0.2) is 0 Å². The van der Waals surface area contributed by atoms with Crippen LogP contribution in [-0.4, -0.2) is 50.1 Å². The van der Waals surface area contributed by atoms with Crippen LogP contribution in [0.4, 0.5) is 0 Å². The van der Waals surface area contributed by atoms with Crippen molar-refractivity contribution in [2.24, 2.45) is 0 Å². The average molecular weight is 350 g/mol. The SMILES string of the molecule is CCS(=O)OC(=O)CC(C(=O)OS(=O)CC)S(=O)(=O)O. The highest BCUT2D eigenvalue weighted by Gasteiger charge is 2.37. The van der Waals surface area contributed by atoms with Crippen LogP contribution < -0.4 is 0 Å². The molecule has 0 aromatic carbocycles. The van der Waals surface area contributed by atoms with Crippen LogP contribution in [0.1, 0.15) is 20.3 Å². The van der Waals surface area contributed by atoms with Gasteiger partial charge in [0.2, 0.25) is 22.2 Å². The van der Waals surface area contributed by atoms with Crippen LogP contribution in [0.25, 0.3) is 0 Å². The maximum atomic E-state index is 11.4. The lowest BCUT2D eigenvalue weighted by Gasteiger charge is -2.11. The summed E-state index contributed by atoms with van der Waals surface area (Å²) < 4.78 is 61.3. The zero-order valence-electron chi connectivity index (χ0n) is 10.6. The summed E-state index contributed by atoms with van der Waals surface area (Å²) in [6.07, 6.45) is -1.09. The lowest BCUT2D eigenvalue weighted by molar-refractivity contribution is -0.139. The quantitative estimate of drug-likeness (QED) is 0.550. The van der Waals surface area contributed by atoms with Crippen molar-refractivity contribution in [1.82, 2.24) is 0 Å². The van der Waals surface area contributed by atoms with Gasteiger partial charge in [0.1, 0.15) is 0 Å². The van der Waals surface area contributed by atoms with Gasteiger partial charge < -0.3 is 8.37 Å². The molecular formula is C8H14O9S3. The Labute approximate surface area is 121 Å². The molecule has 0 aromatic rings. The molecule has 0 heterocycles. The van der Waals surface area contributed by atoms with Crippen molar-refractivity contribution in [3.63, 3.8) is 0 Å². The van der Waals surface area contributed by atoms with E-state index in [1.54, 1.807) is 0 Å². The number of rotatable bonds is 8. The van der Waals surface area contributed by atoms with Crippen molar-refractivity contribution in [1.29, 1.82) is 0 Å². The monoisotopic (exact) mass is 350 g/mol. The second kappa shape index (κ2) is 8.44. The van der Waals surface area contributed by atoms with Gasteiger partial charge in [0, 0.05) is 0 Å². The van der Waals surface area contributed by atoms with Gasteiger partial charge in [0.15, 0.2) is 5.25 Å². The Bertz CT molecular complexity index is 509. The number of carbonyl (C=O) groups excluding carboxylic acids is 2. The Morgan fingerprint density at radius 1 is 1.10 bits per heavy atom. The molecule has 9 nitrogen and oxygen atoms in total. The molecule has 0 amide bonds. The van der Waals surface area contributed by atoms with Crippen molar-refractivity contribution >= 4 is 44.2 Å². The van der Waals surface area contributed by atoms with E-state index < -0.39 is 55.9 Å². The molecule has 0 saturated carbocycles. The van der Waals surface area contributed by atoms with Crippen molar-refractivity contribution < 1.29 is 39.3 Å². The summed E-state index contributed by atoms with van der Waals surface area (Å²) >= 11 is -4.04. The summed E-state index contributed by atoms with van der Waals surface area (Å²) in [6.45, 7) is 2.85. The second-order valence-electron chi connectivity index (χ2n) is 3.25. The Balaban J connectivity index is 4.93. The normalized spacial score (nSPS) is 15.9. The van der Waals surface area contributed by atoms with Crippen LogP contribution >= 0.6 is 0 Å². The third-order valence-corrected chi connectivity index (χ3v) is 4.55. The topological polar surface area (TPSA) is 141 Å². The fraction of sp³-hybridized carbons (Fsp3) is 0.750. The Morgan fingerprint density at radius 2 is 1.55 bits per heavy atom. The average Bonchev–Trinajstić information content (AvgIpc) is 2.33. The van der Waals surface area contributed by atoms with Crippen molar-refractivity contribution in [2.75, 3.05) is 11.5 Å². The first-order chi connectivity index (χ1) is 9.11. The predicted octanol–water partition coefficient (Wildman–Crippen LogP) is -0.913. The molecule has 0 aliphatic carbocycles. The minimum atomic E-state index is -4.96. The highest BCUT2D eigenvalue weighted by atomic mass is 32.2. The zero-order valence-corrected chi connectivity index (χ0v) is 13.1. The molecule has 0 saturated heterocycles. The first-order valence-electron chi connectivity index (χ1n) is 5.28. The van der Waals surface area contributed by atoms with E-state index in [2.05, 4.69) is 8.37 Å². The predicted molar refractivity (Wildman–Crippen MR) is 69.5 cm³/mol. The van der Waals surface area contributed by atoms with Gasteiger partial charge in [-0.2, -0.15) is 8.42 Å². The van der Waals surface area contributed by atoms with Gasteiger partial charge in [0.25, 0.3) is 10.1 Å². The number of carbonyl (C=O) groups is 2. The van der Waals surface area contributed by atoms with Crippen LogP contribution in [0.3, 0.4) is 0 Å². The van der Waals surface area contributed by atoms with Crippen LogP contribution in [0.2, 0.25) is 0 Å². The van der Waals surface area contributed by atoms with E-state index in [1.807, 2.05) is 0 Å². The van der Waals surface area contributed by atoms with Crippen molar-refractivity contribution in [3.05, 3.63) is 0 Å². The lowest BCUT2D eigenvalue weighted by atomic mass is 10.3. The van der Waals surface area contributed by atoms with Gasteiger partial charge in [-0.1, -0.05) is 13.8 Å². The van der Waals surface area contributed by atoms with Gasteiger partial charge in [-0.3, -0.25) is 9.35 Å². The van der Waals surface area contributed by atoms with E-state index in [4.69, 9.17) is 4.55 Å². The highest BCUT2D eigenvalue weighted by Crippen LogP contribution is 2.10. The lowest BCUT2D eigenvalue weighted by Crippen LogP contribution is -2.35. The summed E-state index contributed by atoms with van der Waals surface area (Å²) in [5.41, 5.74) is 0. The summed E-state index contributed by atoms with van der Waals surface area (Å²) in [7, 11) is -4.96. The maximum Gasteiger partial charge on any atom is 0.341 e. The van der Waals surface area contributed by atoms with Gasteiger partial charge in [0.05, 0.1) is 17.9 Å². The second-order valence-corrected chi connectivity index (χ2v) is 7.55. The molecule has 0 bridgehead atoms. The molecule has 0 aromatic heterocycles. The molecule has 3 atom stereocenters. The largest absolute Gasteiger partial charge is 0.364 e. The van der Waals surface area contributed by atoms with Gasteiger partial charge in [-0.05, 0) is 0 Å². The molecule has 20 heavy (non-hydrogen) atoms. The fourth-order valence-corrected chi connectivity index (χ4v) is 2.37.